The van der Waals surface area contributed by atoms with E-state index in [9.17, 15) is 0 Å². The summed E-state index contributed by atoms with van der Waals surface area (Å²) in [4.78, 5) is 7.02. The van der Waals surface area contributed by atoms with Crippen molar-refractivity contribution in [3.63, 3.8) is 0 Å². The van der Waals surface area contributed by atoms with Gasteiger partial charge >= 0.3 is 0 Å². The minimum Gasteiger partial charge on any atom is -0.353 e. The fourth-order valence-electron chi connectivity index (χ4n) is 2.45. The number of aryl methyl sites for hydroxylation is 1. The van der Waals surface area contributed by atoms with Crippen LogP contribution in [0.3, 0.4) is 0 Å². The Balaban J connectivity index is 2.17. The van der Waals surface area contributed by atoms with Crippen LogP contribution in [0.15, 0.2) is 16.7 Å². The van der Waals surface area contributed by atoms with Gasteiger partial charge in [-0.3, -0.25) is 0 Å². The number of aromatic nitrogens is 1. The maximum absolute atomic E-state index is 4.55. The van der Waals surface area contributed by atoms with Crippen molar-refractivity contribution in [3.05, 3.63) is 22.3 Å². The van der Waals surface area contributed by atoms with Crippen molar-refractivity contribution in [1.82, 2.24) is 4.98 Å². The lowest BCUT2D eigenvalue weighted by molar-refractivity contribution is 0.599. The second-order valence-corrected chi connectivity index (χ2v) is 6.17. The monoisotopic (exact) mass is 360 g/mol. The van der Waals surface area contributed by atoms with Gasteiger partial charge in [0.15, 0.2) is 0 Å². The van der Waals surface area contributed by atoms with Crippen molar-refractivity contribution in [2.75, 3.05) is 16.8 Å². The third kappa shape index (κ3) is 3.02. The van der Waals surface area contributed by atoms with E-state index in [1.165, 1.54) is 31.2 Å². The molecule has 1 aliphatic heterocycles. The zero-order valence-electron chi connectivity index (χ0n) is 10.1. The molecule has 1 atom stereocenters. The van der Waals surface area contributed by atoms with E-state index < -0.39 is 0 Å². The number of nitrogens with zero attached hydrogens (tertiary/aromatic N) is 2. The summed E-state index contributed by atoms with van der Waals surface area (Å²) in [6.45, 7) is 3.26. The van der Waals surface area contributed by atoms with Crippen LogP contribution in [0.4, 0.5) is 5.82 Å². The van der Waals surface area contributed by atoms with Crippen molar-refractivity contribution in [1.29, 1.82) is 0 Å². The topological polar surface area (TPSA) is 16.1 Å². The van der Waals surface area contributed by atoms with E-state index in [2.05, 4.69) is 54.7 Å². The van der Waals surface area contributed by atoms with Crippen LogP contribution in [0.2, 0.25) is 0 Å². The first-order valence-corrected chi connectivity index (χ1v) is 8.09. The highest BCUT2D eigenvalue weighted by Gasteiger charge is 2.26. The number of hydrogen-bond acceptors (Lipinski definition) is 2. The lowest BCUT2D eigenvalue weighted by atomic mass is 10.1. The van der Waals surface area contributed by atoms with E-state index in [1.807, 2.05) is 6.20 Å². The summed E-state index contributed by atoms with van der Waals surface area (Å²) >= 11 is 7.19. The van der Waals surface area contributed by atoms with Gasteiger partial charge in [-0.25, -0.2) is 4.98 Å². The third-order valence-electron chi connectivity index (χ3n) is 3.38. The minimum atomic E-state index is 0.665. The molecule has 2 rings (SSSR count). The van der Waals surface area contributed by atoms with Crippen LogP contribution < -0.4 is 4.90 Å². The standard InChI is InChI=1S/C13H18Br2N2/c1-10-6-8-16-13(12(10)15)17-9-3-5-11(17)4-2-7-14/h6,8,11H,2-5,7,9H2,1H3. The average molecular weight is 362 g/mol. The second-order valence-electron chi connectivity index (χ2n) is 4.59. The fraction of sp³-hybridized carbons (Fsp3) is 0.615. The Morgan fingerprint density at radius 3 is 3.12 bits per heavy atom. The van der Waals surface area contributed by atoms with Gasteiger partial charge in [-0.1, -0.05) is 15.9 Å². The maximum Gasteiger partial charge on any atom is 0.143 e. The number of halogens is 2. The zero-order valence-corrected chi connectivity index (χ0v) is 13.3. The Hall–Kier alpha value is -0.0900. The van der Waals surface area contributed by atoms with Gasteiger partial charge in [-0.15, -0.1) is 0 Å². The Kier molecular flexibility index (Phi) is 4.86. The molecule has 2 nitrogen and oxygen atoms in total. The molecule has 17 heavy (non-hydrogen) atoms. The third-order valence-corrected chi connectivity index (χ3v) is 4.92. The number of rotatable bonds is 4. The predicted octanol–water partition coefficient (Wildman–Crippen LogP) is 4.30. The molecule has 1 saturated heterocycles. The molecule has 4 heteroatoms. The van der Waals surface area contributed by atoms with Crippen LogP contribution in [-0.4, -0.2) is 22.9 Å². The molecule has 0 amide bonds. The van der Waals surface area contributed by atoms with E-state index in [0.29, 0.717) is 6.04 Å². The predicted molar refractivity (Wildman–Crippen MR) is 80.1 cm³/mol. The number of pyridine rings is 1. The lowest BCUT2D eigenvalue weighted by Crippen LogP contribution is -2.30. The largest absolute Gasteiger partial charge is 0.353 e. The van der Waals surface area contributed by atoms with Crippen LogP contribution in [0.1, 0.15) is 31.2 Å². The van der Waals surface area contributed by atoms with Crippen LogP contribution in [0.5, 0.6) is 0 Å². The summed E-state index contributed by atoms with van der Waals surface area (Å²) in [6.07, 6.45) is 7.00. The molecule has 1 fully saturated rings. The normalized spacial score (nSPS) is 19.9. The van der Waals surface area contributed by atoms with Crippen molar-refractivity contribution in [2.24, 2.45) is 0 Å². The SMILES string of the molecule is Cc1ccnc(N2CCCC2CCCBr)c1Br. The number of alkyl halides is 1. The summed E-state index contributed by atoms with van der Waals surface area (Å²) in [5, 5.41) is 1.10. The van der Waals surface area contributed by atoms with Gasteiger partial charge < -0.3 is 4.90 Å². The molecule has 1 aromatic heterocycles. The molecule has 1 aromatic rings. The summed E-state index contributed by atoms with van der Waals surface area (Å²) in [6, 6.07) is 2.72. The number of hydrogen-bond donors (Lipinski definition) is 0. The van der Waals surface area contributed by atoms with Gasteiger partial charge in [0, 0.05) is 24.1 Å². The van der Waals surface area contributed by atoms with Gasteiger partial charge in [0.1, 0.15) is 5.82 Å². The van der Waals surface area contributed by atoms with Crippen LogP contribution in [0, 0.1) is 6.92 Å². The van der Waals surface area contributed by atoms with Crippen molar-refractivity contribution >= 4 is 37.7 Å². The molecule has 1 unspecified atom stereocenters. The molecular formula is C13H18Br2N2. The van der Waals surface area contributed by atoms with E-state index in [-0.39, 0.29) is 0 Å². The first-order chi connectivity index (χ1) is 8.24. The van der Waals surface area contributed by atoms with Gasteiger partial charge in [0.05, 0.1) is 4.47 Å². The van der Waals surface area contributed by atoms with Gasteiger partial charge in [0.25, 0.3) is 0 Å². The fourth-order valence-corrected chi connectivity index (χ4v) is 3.24. The molecular weight excluding hydrogens is 344 g/mol. The Morgan fingerprint density at radius 2 is 2.35 bits per heavy atom. The van der Waals surface area contributed by atoms with Crippen LogP contribution in [-0.2, 0) is 0 Å². The molecule has 0 radical (unpaired) electrons. The second kappa shape index (κ2) is 6.19. The van der Waals surface area contributed by atoms with E-state index in [0.717, 1.165) is 22.2 Å². The highest BCUT2D eigenvalue weighted by molar-refractivity contribution is 9.10. The Bertz CT molecular complexity index is 382. The number of anilines is 1. The molecule has 0 saturated carbocycles. The summed E-state index contributed by atoms with van der Waals surface area (Å²) < 4.78 is 1.16. The lowest BCUT2D eigenvalue weighted by Gasteiger charge is -2.27. The smallest absolute Gasteiger partial charge is 0.143 e. The molecule has 2 heterocycles. The summed E-state index contributed by atoms with van der Waals surface area (Å²) in [5.41, 5.74) is 1.26. The van der Waals surface area contributed by atoms with E-state index >= 15 is 0 Å². The van der Waals surface area contributed by atoms with Gasteiger partial charge in [0.2, 0.25) is 0 Å². The Morgan fingerprint density at radius 1 is 1.53 bits per heavy atom. The molecule has 0 aliphatic carbocycles. The Labute approximate surface area is 120 Å². The zero-order chi connectivity index (χ0) is 12.3. The highest BCUT2D eigenvalue weighted by atomic mass is 79.9. The van der Waals surface area contributed by atoms with Crippen molar-refractivity contribution < 1.29 is 0 Å². The quantitative estimate of drug-likeness (QED) is 0.743. The van der Waals surface area contributed by atoms with Crippen LogP contribution >= 0.6 is 31.9 Å². The summed E-state index contributed by atoms with van der Waals surface area (Å²) in [7, 11) is 0. The van der Waals surface area contributed by atoms with Crippen LogP contribution in [0.25, 0.3) is 0 Å². The van der Waals surface area contributed by atoms with Gasteiger partial charge in [-0.2, -0.15) is 0 Å². The molecule has 0 spiro atoms. The van der Waals surface area contributed by atoms with Crippen molar-refractivity contribution in [2.45, 2.75) is 38.6 Å². The first-order valence-electron chi connectivity index (χ1n) is 6.17. The molecule has 94 valence electrons. The molecule has 1 aliphatic rings. The maximum atomic E-state index is 4.55. The summed E-state index contributed by atoms with van der Waals surface area (Å²) in [5.74, 6) is 1.13. The molecule has 0 aromatic carbocycles. The van der Waals surface area contributed by atoms with Gasteiger partial charge in [-0.05, 0) is 60.2 Å². The average Bonchev–Trinajstić information content (AvgIpc) is 2.78. The molecule has 0 bridgehead atoms. The van der Waals surface area contributed by atoms with E-state index in [1.54, 1.807) is 0 Å². The highest BCUT2D eigenvalue weighted by Crippen LogP contribution is 2.33. The first kappa shape index (κ1) is 13.3. The minimum absolute atomic E-state index is 0.665. The molecule has 0 N–H and O–H groups in total. The van der Waals surface area contributed by atoms with E-state index in [4.69, 9.17) is 0 Å². The van der Waals surface area contributed by atoms with Crippen molar-refractivity contribution in [3.8, 4) is 0 Å².